The SMILES string of the molecule is CC(C)(C)[S@@+]([O-])/N=C/CC1CCOCC1. The normalized spacial score (nSPS) is 22.1. The molecule has 0 aromatic carbocycles. The van der Waals surface area contributed by atoms with E-state index in [2.05, 4.69) is 4.40 Å². The molecule has 3 nitrogen and oxygen atoms in total. The Morgan fingerprint density at radius 3 is 2.53 bits per heavy atom. The van der Waals surface area contributed by atoms with Crippen molar-refractivity contribution >= 4 is 17.6 Å². The third-order valence-corrected chi connectivity index (χ3v) is 3.86. The van der Waals surface area contributed by atoms with Crippen molar-refractivity contribution in [3.8, 4) is 0 Å². The molecule has 0 spiro atoms. The average molecular weight is 231 g/mol. The lowest BCUT2D eigenvalue weighted by Gasteiger charge is -2.21. The van der Waals surface area contributed by atoms with Crippen molar-refractivity contribution in [3.63, 3.8) is 0 Å². The minimum Gasteiger partial charge on any atom is -0.591 e. The van der Waals surface area contributed by atoms with E-state index in [-0.39, 0.29) is 4.75 Å². The van der Waals surface area contributed by atoms with Crippen LogP contribution in [0.15, 0.2) is 4.40 Å². The van der Waals surface area contributed by atoms with Crippen LogP contribution in [0.3, 0.4) is 0 Å². The second kappa shape index (κ2) is 5.87. The minimum absolute atomic E-state index is 0.244. The highest BCUT2D eigenvalue weighted by molar-refractivity contribution is 7.91. The van der Waals surface area contributed by atoms with E-state index in [1.807, 2.05) is 27.0 Å². The van der Waals surface area contributed by atoms with E-state index < -0.39 is 11.4 Å². The molecule has 0 bridgehead atoms. The third kappa shape index (κ3) is 5.00. The fourth-order valence-electron chi connectivity index (χ4n) is 1.40. The molecule has 0 unspecified atom stereocenters. The van der Waals surface area contributed by atoms with Crippen LogP contribution in [-0.2, 0) is 16.1 Å². The zero-order chi connectivity index (χ0) is 11.3. The molecule has 1 aliphatic rings. The van der Waals surface area contributed by atoms with Crippen molar-refractivity contribution in [2.45, 2.75) is 44.8 Å². The Hall–Kier alpha value is -0.0600. The monoisotopic (exact) mass is 231 g/mol. The molecule has 0 N–H and O–H groups in total. The van der Waals surface area contributed by atoms with Crippen molar-refractivity contribution in [2.24, 2.45) is 10.3 Å². The lowest BCUT2D eigenvalue weighted by atomic mass is 9.97. The zero-order valence-corrected chi connectivity index (χ0v) is 10.7. The van der Waals surface area contributed by atoms with Gasteiger partial charge in [0.25, 0.3) is 0 Å². The van der Waals surface area contributed by atoms with Crippen LogP contribution in [0, 0.1) is 5.92 Å². The second-order valence-corrected chi connectivity index (χ2v) is 6.87. The molecule has 1 rings (SSSR count). The maximum Gasteiger partial charge on any atom is 0.144 e. The number of ether oxygens (including phenoxy) is 1. The number of rotatable bonds is 3. The van der Waals surface area contributed by atoms with E-state index in [4.69, 9.17) is 4.74 Å². The fourth-order valence-corrected chi connectivity index (χ4v) is 1.94. The lowest BCUT2D eigenvalue weighted by molar-refractivity contribution is 0.0687. The van der Waals surface area contributed by atoms with E-state index in [0.29, 0.717) is 5.92 Å². The molecule has 88 valence electrons. The van der Waals surface area contributed by atoms with Crippen LogP contribution in [0.5, 0.6) is 0 Å². The highest BCUT2D eigenvalue weighted by atomic mass is 32.2. The van der Waals surface area contributed by atoms with Crippen molar-refractivity contribution < 1.29 is 9.29 Å². The Balaban J connectivity index is 2.26. The highest BCUT2D eigenvalue weighted by Crippen LogP contribution is 2.19. The number of hydrogen-bond acceptors (Lipinski definition) is 3. The van der Waals surface area contributed by atoms with E-state index in [1.165, 1.54) is 0 Å². The molecule has 4 heteroatoms. The third-order valence-electron chi connectivity index (χ3n) is 2.47. The van der Waals surface area contributed by atoms with Crippen LogP contribution < -0.4 is 0 Å². The topological polar surface area (TPSA) is 44.7 Å². The average Bonchev–Trinajstić information content (AvgIpc) is 2.18. The largest absolute Gasteiger partial charge is 0.591 e. The van der Waals surface area contributed by atoms with Gasteiger partial charge < -0.3 is 9.29 Å². The smallest absolute Gasteiger partial charge is 0.144 e. The molecule has 1 heterocycles. The standard InChI is InChI=1S/C11H21NO2S/c1-11(2,3)15(13)12-7-4-10-5-8-14-9-6-10/h7,10H,4-6,8-9H2,1-3H3/b12-7+/t15-/m1/s1. The van der Waals surface area contributed by atoms with Crippen molar-refractivity contribution in [1.29, 1.82) is 0 Å². The van der Waals surface area contributed by atoms with Gasteiger partial charge in [-0.2, -0.15) is 0 Å². The van der Waals surface area contributed by atoms with E-state index in [1.54, 1.807) is 0 Å². The van der Waals surface area contributed by atoms with Gasteiger partial charge in [-0.15, -0.1) is 0 Å². The first-order valence-electron chi connectivity index (χ1n) is 5.52. The van der Waals surface area contributed by atoms with Gasteiger partial charge in [0, 0.05) is 13.2 Å². The van der Waals surface area contributed by atoms with Gasteiger partial charge in [0.15, 0.2) is 0 Å². The summed E-state index contributed by atoms with van der Waals surface area (Å²) in [5, 5.41) is 0. The van der Waals surface area contributed by atoms with E-state index in [0.717, 1.165) is 32.5 Å². The van der Waals surface area contributed by atoms with Crippen LogP contribution in [0.4, 0.5) is 0 Å². The molecule has 0 aromatic heterocycles. The van der Waals surface area contributed by atoms with Gasteiger partial charge in [0.2, 0.25) is 0 Å². The second-order valence-electron chi connectivity index (χ2n) is 4.94. The number of hydrogen-bond donors (Lipinski definition) is 0. The zero-order valence-electron chi connectivity index (χ0n) is 9.86. The van der Waals surface area contributed by atoms with Crippen LogP contribution in [0.2, 0.25) is 0 Å². The molecule has 1 atom stereocenters. The molecule has 0 saturated carbocycles. The first-order chi connectivity index (χ1) is 7.00. The van der Waals surface area contributed by atoms with E-state index in [9.17, 15) is 4.55 Å². The van der Waals surface area contributed by atoms with Gasteiger partial charge in [-0.25, -0.2) is 0 Å². The summed E-state index contributed by atoms with van der Waals surface area (Å²) < 4.78 is 20.7. The summed E-state index contributed by atoms with van der Waals surface area (Å²) >= 11 is -1.10. The summed E-state index contributed by atoms with van der Waals surface area (Å²) in [5.74, 6) is 0.666. The molecule has 0 amide bonds. The van der Waals surface area contributed by atoms with Crippen LogP contribution in [-0.4, -0.2) is 28.7 Å². The molecular formula is C11H21NO2S. The molecule has 15 heavy (non-hydrogen) atoms. The van der Waals surface area contributed by atoms with Gasteiger partial charge >= 0.3 is 0 Å². The predicted octanol–water partition coefficient (Wildman–Crippen LogP) is 2.34. The minimum atomic E-state index is -1.10. The van der Waals surface area contributed by atoms with E-state index >= 15 is 0 Å². The quantitative estimate of drug-likeness (QED) is 0.553. The molecule has 0 aromatic rings. The predicted molar refractivity (Wildman–Crippen MR) is 64.5 cm³/mol. The molecule has 1 saturated heterocycles. The Morgan fingerprint density at radius 1 is 1.40 bits per heavy atom. The van der Waals surface area contributed by atoms with Gasteiger partial charge in [-0.05, 0) is 46.0 Å². The Kier molecular flexibility index (Phi) is 5.09. The Labute approximate surface area is 95.6 Å². The first-order valence-corrected chi connectivity index (χ1v) is 6.63. The summed E-state index contributed by atoms with van der Waals surface area (Å²) in [4.78, 5) is 0. The van der Waals surface area contributed by atoms with Gasteiger partial charge in [0.1, 0.15) is 16.1 Å². The molecule has 1 aliphatic heterocycles. The lowest BCUT2D eigenvalue weighted by Crippen LogP contribution is -2.26. The van der Waals surface area contributed by atoms with Crippen molar-refractivity contribution in [3.05, 3.63) is 0 Å². The summed E-state index contributed by atoms with van der Waals surface area (Å²) in [6.07, 6.45) is 4.98. The van der Waals surface area contributed by atoms with Crippen molar-refractivity contribution in [1.82, 2.24) is 0 Å². The van der Waals surface area contributed by atoms with Gasteiger partial charge in [0.05, 0.1) is 6.21 Å². The first kappa shape index (κ1) is 13.0. The van der Waals surface area contributed by atoms with Gasteiger partial charge in [-0.3, -0.25) is 0 Å². The fraction of sp³-hybridized carbons (Fsp3) is 0.909. The van der Waals surface area contributed by atoms with Crippen molar-refractivity contribution in [2.75, 3.05) is 13.2 Å². The summed E-state index contributed by atoms with van der Waals surface area (Å²) in [7, 11) is 0. The summed E-state index contributed by atoms with van der Waals surface area (Å²) in [5.41, 5.74) is 0. The Morgan fingerprint density at radius 2 is 2.00 bits per heavy atom. The Bertz CT molecular complexity index is 207. The maximum atomic E-state index is 11.6. The summed E-state index contributed by atoms with van der Waals surface area (Å²) in [6.45, 7) is 7.54. The highest BCUT2D eigenvalue weighted by Gasteiger charge is 2.25. The van der Waals surface area contributed by atoms with Crippen LogP contribution >= 0.6 is 0 Å². The molecule has 0 radical (unpaired) electrons. The maximum absolute atomic E-state index is 11.6. The van der Waals surface area contributed by atoms with Crippen LogP contribution in [0.1, 0.15) is 40.0 Å². The molecular weight excluding hydrogens is 210 g/mol. The van der Waals surface area contributed by atoms with Crippen LogP contribution in [0.25, 0.3) is 0 Å². The molecule has 1 fully saturated rings. The molecule has 0 aliphatic carbocycles. The van der Waals surface area contributed by atoms with Gasteiger partial charge in [-0.1, -0.05) is 4.40 Å². The number of nitrogens with zero attached hydrogens (tertiary/aromatic N) is 1. The summed E-state index contributed by atoms with van der Waals surface area (Å²) in [6, 6.07) is 0.